The lowest BCUT2D eigenvalue weighted by molar-refractivity contribution is -0.0574. The van der Waals surface area contributed by atoms with E-state index in [4.69, 9.17) is 8.85 Å². The molecule has 0 heterocycles. The molecule has 0 aliphatic heterocycles. The van der Waals surface area contributed by atoms with Crippen LogP contribution in [0.3, 0.4) is 0 Å². The van der Waals surface area contributed by atoms with E-state index >= 15 is 0 Å². The van der Waals surface area contributed by atoms with Gasteiger partial charge in [0.15, 0.2) is 0 Å². The van der Waals surface area contributed by atoms with Gasteiger partial charge in [0.2, 0.25) is 0 Å². The van der Waals surface area contributed by atoms with Crippen molar-refractivity contribution in [2.45, 2.75) is 98.8 Å². The van der Waals surface area contributed by atoms with Crippen LogP contribution in [0, 0.1) is 11.8 Å². The van der Waals surface area contributed by atoms with Gasteiger partial charge in [0.25, 0.3) is 0 Å². The molecule has 0 unspecified atom stereocenters. The monoisotopic (exact) mass is 316 g/mol. The summed E-state index contributed by atoms with van der Waals surface area (Å²) >= 11 is 0. The molecule has 21 heavy (non-hydrogen) atoms. The first-order valence-electron chi connectivity index (χ1n) is 9.18. The lowest BCUT2D eigenvalue weighted by Crippen LogP contribution is -2.55. The summed E-state index contributed by atoms with van der Waals surface area (Å²) < 4.78 is 13.4. The molecule has 0 atom stereocenters. The topological polar surface area (TPSA) is 18.5 Å². The highest BCUT2D eigenvalue weighted by Gasteiger charge is 2.47. The standard InChI is InChI=1S/C18H40O2Si/c1-9-13-19-21(14-10-2,15-11-3)20-18(12-4,16(5)6)17(7)8/h16-17H,9-15H2,1-8H3. The third-order valence-corrected chi connectivity index (χ3v) is 8.72. The van der Waals surface area contributed by atoms with Crippen LogP contribution in [-0.2, 0) is 8.85 Å². The van der Waals surface area contributed by atoms with Gasteiger partial charge in [-0.25, -0.2) is 0 Å². The molecule has 128 valence electrons. The molecule has 0 N–H and O–H groups in total. The zero-order valence-electron chi connectivity index (χ0n) is 15.9. The van der Waals surface area contributed by atoms with Crippen LogP contribution in [0.4, 0.5) is 0 Å². The third-order valence-electron chi connectivity index (χ3n) is 4.71. The fraction of sp³-hybridized carbons (Fsp3) is 1.00. The number of hydrogen-bond donors (Lipinski definition) is 0. The maximum Gasteiger partial charge on any atom is 0.338 e. The molecular formula is C18H40O2Si. The fourth-order valence-corrected chi connectivity index (χ4v) is 7.80. The van der Waals surface area contributed by atoms with E-state index in [1.807, 2.05) is 0 Å². The van der Waals surface area contributed by atoms with E-state index in [1.165, 1.54) is 0 Å². The molecule has 0 fully saturated rings. The van der Waals surface area contributed by atoms with Gasteiger partial charge in [-0.1, -0.05) is 68.2 Å². The van der Waals surface area contributed by atoms with Crippen molar-refractivity contribution in [3.8, 4) is 0 Å². The van der Waals surface area contributed by atoms with Crippen molar-refractivity contribution in [2.24, 2.45) is 11.8 Å². The Morgan fingerprint density at radius 2 is 1.29 bits per heavy atom. The van der Waals surface area contributed by atoms with Crippen molar-refractivity contribution in [1.29, 1.82) is 0 Å². The van der Waals surface area contributed by atoms with Crippen molar-refractivity contribution in [2.75, 3.05) is 6.61 Å². The molecule has 2 nitrogen and oxygen atoms in total. The van der Waals surface area contributed by atoms with Gasteiger partial charge < -0.3 is 8.85 Å². The lowest BCUT2D eigenvalue weighted by Gasteiger charge is -2.47. The molecule has 0 spiro atoms. The quantitative estimate of drug-likeness (QED) is 0.402. The molecule has 0 rings (SSSR count). The summed E-state index contributed by atoms with van der Waals surface area (Å²) in [5.41, 5.74) is -0.0374. The van der Waals surface area contributed by atoms with Crippen LogP contribution in [0.1, 0.15) is 81.1 Å². The van der Waals surface area contributed by atoms with Crippen molar-refractivity contribution in [1.82, 2.24) is 0 Å². The van der Waals surface area contributed by atoms with Crippen molar-refractivity contribution in [3.63, 3.8) is 0 Å². The van der Waals surface area contributed by atoms with Crippen LogP contribution < -0.4 is 0 Å². The maximum atomic E-state index is 7.00. The minimum absolute atomic E-state index is 0.0374. The Kier molecular flexibility index (Phi) is 10.1. The molecule has 0 aromatic carbocycles. The highest BCUT2D eigenvalue weighted by atomic mass is 28.4. The third kappa shape index (κ3) is 5.68. The average Bonchev–Trinajstić information content (AvgIpc) is 2.42. The summed E-state index contributed by atoms with van der Waals surface area (Å²) in [6, 6.07) is 2.25. The van der Waals surface area contributed by atoms with Gasteiger partial charge in [0.1, 0.15) is 0 Å². The van der Waals surface area contributed by atoms with Crippen LogP contribution in [0.2, 0.25) is 12.1 Å². The summed E-state index contributed by atoms with van der Waals surface area (Å²) in [4.78, 5) is 0. The maximum absolute atomic E-state index is 7.00. The molecule has 0 aromatic heterocycles. The predicted molar refractivity (Wildman–Crippen MR) is 96.0 cm³/mol. The normalized spacial score (nSPS) is 13.4. The van der Waals surface area contributed by atoms with E-state index in [0.717, 1.165) is 44.4 Å². The Labute approximate surface area is 135 Å². The second kappa shape index (κ2) is 10.0. The highest BCUT2D eigenvalue weighted by molar-refractivity contribution is 6.67. The number of hydrogen-bond acceptors (Lipinski definition) is 2. The summed E-state index contributed by atoms with van der Waals surface area (Å²) in [5, 5.41) is 0. The second-order valence-corrected chi connectivity index (χ2v) is 10.3. The average molecular weight is 317 g/mol. The van der Waals surface area contributed by atoms with Crippen molar-refractivity contribution in [3.05, 3.63) is 0 Å². The first kappa shape index (κ1) is 21.1. The summed E-state index contributed by atoms with van der Waals surface area (Å²) in [7, 11) is -2.10. The van der Waals surface area contributed by atoms with E-state index in [1.54, 1.807) is 0 Å². The van der Waals surface area contributed by atoms with Gasteiger partial charge >= 0.3 is 8.56 Å². The molecular weight excluding hydrogens is 276 g/mol. The molecule has 0 amide bonds. The lowest BCUT2D eigenvalue weighted by atomic mass is 9.78. The van der Waals surface area contributed by atoms with E-state index in [0.29, 0.717) is 11.8 Å². The number of rotatable bonds is 12. The van der Waals surface area contributed by atoms with Gasteiger partial charge in [-0.3, -0.25) is 0 Å². The van der Waals surface area contributed by atoms with Gasteiger partial charge in [0, 0.05) is 6.61 Å². The highest BCUT2D eigenvalue weighted by Crippen LogP contribution is 2.39. The fourth-order valence-electron chi connectivity index (χ4n) is 3.59. The second-order valence-electron chi connectivity index (χ2n) is 6.98. The largest absolute Gasteiger partial charge is 0.394 e. The van der Waals surface area contributed by atoms with E-state index in [-0.39, 0.29) is 5.60 Å². The molecule has 0 radical (unpaired) electrons. The minimum Gasteiger partial charge on any atom is -0.394 e. The molecule has 0 bridgehead atoms. The predicted octanol–water partition coefficient (Wildman–Crippen LogP) is 6.15. The Morgan fingerprint density at radius 3 is 1.57 bits per heavy atom. The molecule has 0 saturated carbocycles. The SMILES string of the molecule is CCCO[Si](CCC)(CCC)OC(CC)(C(C)C)C(C)C. The first-order valence-corrected chi connectivity index (χ1v) is 11.4. The Balaban J connectivity index is 5.46. The van der Waals surface area contributed by atoms with Gasteiger partial charge in [-0.05, 0) is 36.8 Å². The van der Waals surface area contributed by atoms with Crippen LogP contribution in [-0.4, -0.2) is 20.8 Å². The Morgan fingerprint density at radius 1 is 0.810 bits per heavy atom. The minimum atomic E-state index is -2.10. The van der Waals surface area contributed by atoms with Gasteiger partial charge in [-0.2, -0.15) is 0 Å². The zero-order valence-corrected chi connectivity index (χ0v) is 16.9. The van der Waals surface area contributed by atoms with Crippen LogP contribution in [0.5, 0.6) is 0 Å². The zero-order chi connectivity index (χ0) is 16.5. The van der Waals surface area contributed by atoms with Gasteiger partial charge in [0.05, 0.1) is 5.60 Å². The molecule has 0 aromatic rings. The summed E-state index contributed by atoms with van der Waals surface area (Å²) in [6.07, 6.45) is 4.46. The van der Waals surface area contributed by atoms with Crippen molar-refractivity contribution >= 4 is 8.56 Å². The smallest absolute Gasteiger partial charge is 0.338 e. The van der Waals surface area contributed by atoms with Crippen LogP contribution >= 0.6 is 0 Å². The van der Waals surface area contributed by atoms with Crippen LogP contribution in [0.15, 0.2) is 0 Å². The molecule has 3 heteroatoms. The summed E-state index contributed by atoms with van der Waals surface area (Å²) in [5.74, 6) is 1.04. The van der Waals surface area contributed by atoms with Crippen molar-refractivity contribution < 1.29 is 8.85 Å². The molecule has 0 saturated heterocycles. The van der Waals surface area contributed by atoms with Gasteiger partial charge in [-0.15, -0.1) is 0 Å². The van der Waals surface area contributed by atoms with E-state index < -0.39 is 8.56 Å². The molecule has 0 aliphatic carbocycles. The van der Waals surface area contributed by atoms with Crippen LogP contribution in [0.25, 0.3) is 0 Å². The van der Waals surface area contributed by atoms with E-state index in [2.05, 4.69) is 55.4 Å². The molecule has 0 aliphatic rings. The first-order chi connectivity index (χ1) is 9.84. The van der Waals surface area contributed by atoms with E-state index in [9.17, 15) is 0 Å². The Bertz CT molecular complexity index is 250. The Hall–Kier alpha value is 0.137. The summed E-state index contributed by atoms with van der Waals surface area (Å²) in [6.45, 7) is 19.1.